The van der Waals surface area contributed by atoms with Crippen LogP contribution in [0.4, 0.5) is 14.0 Å². The van der Waals surface area contributed by atoms with Gasteiger partial charge in [0.2, 0.25) is 11.5 Å². The summed E-state index contributed by atoms with van der Waals surface area (Å²) in [6.07, 6.45) is 0.731. The molecule has 0 N–H and O–H groups in total. The number of halogens is 2. The van der Waals surface area contributed by atoms with Gasteiger partial charge in [-0.3, -0.25) is 9.59 Å². The van der Waals surface area contributed by atoms with Crippen molar-refractivity contribution in [2.75, 3.05) is 19.6 Å². The summed E-state index contributed by atoms with van der Waals surface area (Å²) < 4.78 is 25.8. The molecule has 0 saturated carbocycles. The maximum Gasteiger partial charge on any atom is 0.418 e. The summed E-state index contributed by atoms with van der Waals surface area (Å²) in [5, 5.41) is 0. The number of benzene rings is 3. The lowest BCUT2D eigenvalue weighted by Gasteiger charge is -2.39. The van der Waals surface area contributed by atoms with E-state index in [1.165, 1.54) is 12.1 Å². The molecule has 1 spiro atoms. The molecular weight excluding hydrogens is 633 g/mol. The number of likely N-dealkylation sites (tertiary alicyclic amines) is 1. The van der Waals surface area contributed by atoms with E-state index in [9.17, 15) is 23.6 Å². The Hall–Kier alpha value is -4.25. The lowest BCUT2D eigenvalue weighted by molar-refractivity contribution is -0.143. The molecule has 3 aromatic rings. The van der Waals surface area contributed by atoms with Crippen molar-refractivity contribution < 1.29 is 33.0 Å². The molecule has 44 heavy (non-hydrogen) atoms. The summed E-state index contributed by atoms with van der Waals surface area (Å²) in [5.74, 6) is -1.44. The molecular formula is C33H31BrFN3O6. The highest BCUT2D eigenvalue weighted by atomic mass is 79.9. The molecule has 0 bridgehead atoms. The fourth-order valence-electron chi connectivity index (χ4n) is 6.24. The number of hydrogen-bond acceptors (Lipinski definition) is 6. The van der Waals surface area contributed by atoms with Crippen molar-refractivity contribution in [3.05, 3.63) is 105 Å². The topological polar surface area (TPSA) is 96.5 Å². The van der Waals surface area contributed by atoms with Crippen molar-refractivity contribution in [2.24, 2.45) is 0 Å². The maximum atomic E-state index is 14.0. The lowest BCUT2D eigenvalue weighted by Crippen LogP contribution is -2.54. The van der Waals surface area contributed by atoms with Crippen LogP contribution in [0, 0.1) is 5.82 Å². The zero-order valence-electron chi connectivity index (χ0n) is 23.9. The number of ether oxygens (including phenoxy) is 2. The van der Waals surface area contributed by atoms with Gasteiger partial charge in [-0.05, 0) is 60.2 Å². The highest BCUT2D eigenvalue weighted by Gasteiger charge is 2.58. The fraction of sp³-hybridized carbons (Fsp3) is 0.333. The summed E-state index contributed by atoms with van der Waals surface area (Å²) in [6, 6.07) is 20.2. The number of nitrogens with zero attached hydrogens (tertiary/aromatic N) is 3. The second kappa shape index (κ2) is 12.4. The SMILES string of the molecule is O=C(OCc1ccccc1)N1CCC[C@@H](N(Cc2ccc(F)cc2)C(=O)CN2C(=O)O[C@@]3(CCc4cc(Br)ccc43)C2=O)C1. The van der Waals surface area contributed by atoms with Crippen LogP contribution in [0.25, 0.3) is 0 Å². The van der Waals surface area contributed by atoms with Crippen molar-refractivity contribution in [1.29, 1.82) is 0 Å². The van der Waals surface area contributed by atoms with Gasteiger partial charge < -0.3 is 19.3 Å². The maximum absolute atomic E-state index is 14.0. The standard InChI is InChI=1S/C33H31BrFN3O6/c34-25-10-13-28-24(17-25)14-15-33(28)30(40)38(32(42)44-33)20-29(39)37(18-22-8-11-26(35)12-9-22)27-7-4-16-36(19-27)31(41)43-21-23-5-2-1-3-6-23/h1-3,5-6,8-13,17,27H,4,7,14-16,18-21H2/t27-,33-/m1/s1. The van der Waals surface area contributed by atoms with E-state index < -0.39 is 48.0 Å². The molecule has 228 valence electrons. The molecule has 0 aromatic heterocycles. The van der Waals surface area contributed by atoms with Crippen LogP contribution in [0.3, 0.4) is 0 Å². The van der Waals surface area contributed by atoms with Crippen molar-refractivity contribution in [3.8, 4) is 0 Å². The van der Waals surface area contributed by atoms with Gasteiger partial charge in [0.15, 0.2) is 0 Å². The molecule has 4 amide bonds. The Kier molecular flexibility index (Phi) is 8.40. The third-order valence-electron chi connectivity index (χ3n) is 8.50. The van der Waals surface area contributed by atoms with Crippen molar-refractivity contribution in [2.45, 2.75) is 50.5 Å². The molecule has 0 unspecified atom stereocenters. The van der Waals surface area contributed by atoms with Gasteiger partial charge in [0.1, 0.15) is 19.0 Å². The summed E-state index contributed by atoms with van der Waals surface area (Å²) in [6.45, 7) is 0.403. The second-order valence-corrected chi connectivity index (χ2v) is 12.2. The lowest BCUT2D eigenvalue weighted by atomic mass is 9.95. The molecule has 2 atom stereocenters. The predicted octanol–water partition coefficient (Wildman–Crippen LogP) is 5.54. The molecule has 3 aromatic carbocycles. The van der Waals surface area contributed by atoms with Crippen LogP contribution in [-0.4, -0.2) is 64.4 Å². The number of fused-ring (bicyclic) bond motifs is 2. The molecule has 9 nitrogen and oxygen atoms in total. The smallest absolute Gasteiger partial charge is 0.418 e. The second-order valence-electron chi connectivity index (χ2n) is 11.3. The van der Waals surface area contributed by atoms with E-state index in [4.69, 9.17) is 9.47 Å². The zero-order valence-corrected chi connectivity index (χ0v) is 25.5. The molecule has 3 aliphatic rings. The van der Waals surface area contributed by atoms with Gasteiger partial charge in [-0.2, -0.15) is 0 Å². The Morgan fingerprint density at radius 1 is 1.05 bits per heavy atom. The number of carbonyl (C=O) groups is 4. The first-order valence-corrected chi connectivity index (χ1v) is 15.4. The van der Waals surface area contributed by atoms with E-state index in [0.29, 0.717) is 43.4 Å². The molecule has 2 aliphatic heterocycles. The Bertz CT molecular complexity index is 1590. The largest absolute Gasteiger partial charge is 0.445 e. The number of carbonyl (C=O) groups excluding carboxylic acids is 4. The summed E-state index contributed by atoms with van der Waals surface area (Å²) >= 11 is 3.44. The van der Waals surface area contributed by atoms with Crippen LogP contribution >= 0.6 is 15.9 Å². The Balaban J connectivity index is 1.19. The zero-order chi connectivity index (χ0) is 30.8. The highest BCUT2D eigenvalue weighted by molar-refractivity contribution is 9.10. The van der Waals surface area contributed by atoms with Crippen LogP contribution in [0.5, 0.6) is 0 Å². The van der Waals surface area contributed by atoms with Gasteiger partial charge >= 0.3 is 12.2 Å². The van der Waals surface area contributed by atoms with Gasteiger partial charge in [-0.15, -0.1) is 0 Å². The monoisotopic (exact) mass is 663 g/mol. The van der Waals surface area contributed by atoms with Gasteiger partial charge in [-0.1, -0.05) is 64.5 Å². The van der Waals surface area contributed by atoms with Crippen LogP contribution in [-0.2, 0) is 44.2 Å². The first-order valence-electron chi connectivity index (χ1n) is 14.6. The van der Waals surface area contributed by atoms with Gasteiger partial charge in [0, 0.05) is 42.1 Å². The van der Waals surface area contributed by atoms with Crippen molar-refractivity contribution in [3.63, 3.8) is 0 Å². The van der Waals surface area contributed by atoms with Crippen LogP contribution in [0.2, 0.25) is 0 Å². The molecule has 2 heterocycles. The van der Waals surface area contributed by atoms with E-state index >= 15 is 0 Å². The number of rotatable bonds is 7. The first-order chi connectivity index (χ1) is 21.2. The fourth-order valence-corrected chi connectivity index (χ4v) is 6.65. The number of imide groups is 1. The third kappa shape index (κ3) is 5.93. The van der Waals surface area contributed by atoms with E-state index in [-0.39, 0.29) is 19.7 Å². The molecule has 1 aliphatic carbocycles. The van der Waals surface area contributed by atoms with Gasteiger partial charge in [0.25, 0.3) is 5.91 Å². The molecule has 0 radical (unpaired) electrons. The Morgan fingerprint density at radius 2 is 1.82 bits per heavy atom. The molecule has 2 fully saturated rings. The van der Waals surface area contributed by atoms with E-state index in [2.05, 4.69) is 15.9 Å². The average Bonchev–Trinajstić information content (AvgIpc) is 3.51. The summed E-state index contributed by atoms with van der Waals surface area (Å²) in [7, 11) is 0. The predicted molar refractivity (Wildman–Crippen MR) is 161 cm³/mol. The minimum Gasteiger partial charge on any atom is -0.445 e. The Morgan fingerprint density at radius 3 is 2.59 bits per heavy atom. The van der Waals surface area contributed by atoms with E-state index in [0.717, 1.165) is 20.5 Å². The number of amides is 4. The van der Waals surface area contributed by atoms with Crippen LogP contribution in [0.1, 0.15) is 41.5 Å². The van der Waals surface area contributed by atoms with E-state index in [1.54, 1.807) is 34.1 Å². The van der Waals surface area contributed by atoms with Crippen LogP contribution in [0.15, 0.2) is 77.3 Å². The number of aryl methyl sites for hydroxylation is 1. The van der Waals surface area contributed by atoms with Gasteiger partial charge in [-0.25, -0.2) is 18.9 Å². The Labute approximate surface area is 262 Å². The molecule has 2 saturated heterocycles. The average molecular weight is 665 g/mol. The highest BCUT2D eigenvalue weighted by Crippen LogP contribution is 2.46. The summed E-state index contributed by atoms with van der Waals surface area (Å²) in [5.41, 5.74) is 1.63. The van der Waals surface area contributed by atoms with Gasteiger partial charge in [0.05, 0.1) is 0 Å². The third-order valence-corrected chi connectivity index (χ3v) is 9.00. The molecule has 6 rings (SSSR count). The minimum absolute atomic E-state index is 0.107. The molecule has 11 heteroatoms. The van der Waals surface area contributed by atoms with Crippen LogP contribution < -0.4 is 0 Å². The summed E-state index contributed by atoms with van der Waals surface area (Å²) in [4.78, 5) is 57.8. The van der Waals surface area contributed by atoms with Crippen molar-refractivity contribution in [1.82, 2.24) is 14.7 Å². The number of piperidine rings is 1. The quantitative estimate of drug-likeness (QED) is 0.330. The number of hydrogen-bond donors (Lipinski definition) is 0. The first kappa shape index (κ1) is 29.8. The normalized spacial score (nSPS) is 20.9. The van der Waals surface area contributed by atoms with Crippen molar-refractivity contribution >= 4 is 39.9 Å². The minimum atomic E-state index is -1.45. The van der Waals surface area contributed by atoms with E-state index in [1.807, 2.05) is 36.4 Å².